The zero-order valence-corrected chi connectivity index (χ0v) is 18.9. The van der Waals surface area contributed by atoms with E-state index in [4.69, 9.17) is 24.2 Å². The van der Waals surface area contributed by atoms with Crippen molar-refractivity contribution < 1.29 is 23.7 Å². The average molecular weight is 472 g/mol. The molecule has 1 amide bonds. The zero-order valence-electron chi connectivity index (χ0n) is 18.9. The molecule has 178 valence electrons. The van der Waals surface area contributed by atoms with Gasteiger partial charge in [0.25, 0.3) is 0 Å². The van der Waals surface area contributed by atoms with Gasteiger partial charge in [-0.05, 0) is 54.1 Å². The molecule has 2 N–H and O–H groups in total. The number of nitriles is 1. The lowest BCUT2D eigenvalue weighted by Gasteiger charge is -2.18. The van der Waals surface area contributed by atoms with Crippen LogP contribution in [0.1, 0.15) is 11.1 Å². The SMILES string of the molecule is N#Cc1cccc(CN[C@H]2CO[C@H]3[C@@H]2OC[C@H]3OC(=O)Nc2ccc(Oc3ccccc3)cc2)c1. The minimum absolute atomic E-state index is 0.0282. The second kappa shape index (κ2) is 10.6. The Kier molecular flexibility index (Phi) is 6.91. The number of ether oxygens (including phenoxy) is 4. The number of carbonyl (C=O) groups excluding carboxylic acids is 1. The highest BCUT2D eigenvalue weighted by molar-refractivity contribution is 5.84. The Balaban J connectivity index is 1.10. The van der Waals surface area contributed by atoms with Crippen molar-refractivity contribution in [2.75, 3.05) is 18.5 Å². The third-order valence-corrected chi connectivity index (χ3v) is 5.97. The van der Waals surface area contributed by atoms with Gasteiger partial charge in [0, 0.05) is 12.2 Å². The topological polar surface area (TPSA) is 102 Å². The zero-order chi connectivity index (χ0) is 24.0. The Bertz CT molecular complexity index is 1200. The molecular weight excluding hydrogens is 446 g/mol. The Hall–Kier alpha value is -3.90. The summed E-state index contributed by atoms with van der Waals surface area (Å²) in [5, 5.41) is 15.2. The molecule has 0 aliphatic carbocycles. The highest BCUT2D eigenvalue weighted by Gasteiger charge is 2.49. The van der Waals surface area contributed by atoms with E-state index in [-0.39, 0.29) is 24.9 Å². The summed E-state index contributed by atoms with van der Waals surface area (Å²) in [5.74, 6) is 1.41. The number of nitrogens with one attached hydrogen (secondary N) is 2. The molecule has 2 heterocycles. The summed E-state index contributed by atoms with van der Waals surface area (Å²) in [6.07, 6.45) is -1.59. The van der Waals surface area contributed by atoms with Gasteiger partial charge in [-0.25, -0.2) is 4.79 Å². The van der Waals surface area contributed by atoms with Crippen LogP contribution in [-0.4, -0.2) is 43.7 Å². The van der Waals surface area contributed by atoms with Crippen molar-refractivity contribution in [3.8, 4) is 17.6 Å². The molecule has 8 nitrogen and oxygen atoms in total. The fourth-order valence-electron chi connectivity index (χ4n) is 4.26. The first-order chi connectivity index (χ1) is 17.2. The highest BCUT2D eigenvalue weighted by atomic mass is 16.6. The third kappa shape index (κ3) is 5.61. The van der Waals surface area contributed by atoms with E-state index in [1.54, 1.807) is 30.3 Å². The molecule has 3 aromatic carbocycles. The molecule has 3 aromatic rings. The van der Waals surface area contributed by atoms with Crippen molar-refractivity contribution in [3.05, 3.63) is 90.0 Å². The van der Waals surface area contributed by atoms with E-state index < -0.39 is 12.2 Å². The van der Waals surface area contributed by atoms with Crippen molar-refractivity contribution in [2.24, 2.45) is 0 Å². The first-order valence-corrected chi connectivity index (χ1v) is 11.4. The molecule has 2 aliphatic heterocycles. The van der Waals surface area contributed by atoms with E-state index in [9.17, 15) is 4.79 Å². The van der Waals surface area contributed by atoms with E-state index in [0.717, 1.165) is 11.3 Å². The van der Waals surface area contributed by atoms with E-state index in [2.05, 4.69) is 16.7 Å². The Labute approximate surface area is 203 Å². The van der Waals surface area contributed by atoms with Gasteiger partial charge in [-0.1, -0.05) is 30.3 Å². The molecule has 5 rings (SSSR count). The van der Waals surface area contributed by atoms with Crippen LogP contribution < -0.4 is 15.4 Å². The molecule has 2 aliphatic rings. The van der Waals surface area contributed by atoms with Crippen LogP contribution >= 0.6 is 0 Å². The maximum Gasteiger partial charge on any atom is 0.412 e. The van der Waals surface area contributed by atoms with E-state index in [0.29, 0.717) is 30.2 Å². The number of nitrogens with zero attached hydrogens (tertiary/aromatic N) is 1. The Morgan fingerprint density at radius 1 is 0.943 bits per heavy atom. The Morgan fingerprint density at radius 2 is 1.71 bits per heavy atom. The molecule has 2 fully saturated rings. The van der Waals surface area contributed by atoms with Gasteiger partial charge in [0.1, 0.15) is 23.7 Å². The summed E-state index contributed by atoms with van der Waals surface area (Å²) in [7, 11) is 0. The van der Waals surface area contributed by atoms with Crippen molar-refractivity contribution in [1.82, 2.24) is 5.32 Å². The molecule has 8 heteroatoms. The molecule has 2 saturated heterocycles. The molecule has 0 spiro atoms. The van der Waals surface area contributed by atoms with Crippen molar-refractivity contribution >= 4 is 11.8 Å². The normalized spacial score (nSPS) is 22.7. The lowest BCUT2D eigenvalue weighted by atomic mass is 10.1. The van der Waals surface area contributed by atoms with Crippen molar-refractivity contribution in [2.45, 2.75) is 30.9 Å². The van der Waals surface area contributed by atoms with Crippen LogP contribution in [0.15, 0.2) is 78.9 Å². The van der Waals surface area contributed by atoms with Crippen LogP contribution in [-0.2, 0) is 20.8 Å². The van der Waals surface area contributed by atoms with Crippen LogP contribution in [0.25, 0.3) is 0 Å². The summed E-state index contributed by atoms with van der Waals surface area (Å²) in [5.41, 5.74) is 2.23. The van der Waals surface area contributed by atoms with Gasteiger partial charge in [0.15, 0.2) is 6.10 Å². The summed E-state index contributed by atoms with van der Waals surface area (Å²) in [4.78, 5) is 12.5. The van der Waals surface area contributed by atoms with Crippen LogP contribution in [0.3, 0.4) is 0 Å². The molecule has 0 aromatic heterocycles. The molecule has 0 bridgehead atoms. The second-order valence-electron chi connectivity index (χ2n) is 8.40. The van der Waals surface area contributed by atoms with Crippen LogP contribution in [0.5, 0.6) is 11.5 Å². The molecule has 0 unspecified atom stereocenters. The minimum Gasteiger partial charge on any atom is -0.457 e. The number of anilines is 1. The van der Waals surface area contributed by atoms with Gasteiger partial charge in [-0.2, -0.15) is 5.26 Å². The standard InChI is InChI=1S/C27H25N3O5/c28-14-18-5-4-6-19(13-18)15-29-23-16-32-26-24(17-33-25(23)26)35-27(31)30-20-9-11-22(12-10-20)34-21-7-2-1-3-8-21/h1-13,23-26,29H,15-17H2,(H,30,31)/t23-,24+,25+,26+/m0/s1. The predicted octanol–water partition coefficient (Wildman–Crippen LogP) is 4.22. The Morgan fingerprint density at radius 3 is 2.51 bits per heavy atom. The lowest BCUT2D eigenvalue weighted by molar-refractivity contribution is 0.00854. The van der Waals surface area contributed by atoms with Gasteiger partial charge >= 0.3 is 6.09 Å². The number of hydrogen-bond acceptors (Lipinski definition) is 7. The van der Waals surface area contributed by atoms with Gasteiger partial charge in [0.2, 0.25) is 0 Å². The average Bonchev–Trinajstić information content (AvgIpc) is 3.47. The van der Waals surface area contributed by atoms with E-state index in [1.165, 1.54) is 0 Å². The fourth-order valence-corrected chi connectivity index (χ4v) is 4.26. The highest BCUT2D eigenvalue weighted by Crippen LogP contribution is 2.30. The largest absolute Gasteiger partial charge is 0.457 e. The number of rotatable bonds is 7. The maximum absolute atomic E-state index is 12.5. The number of para-hydroxylation sites is 1. The molecule has 0 radical (unpaired) electrons. The van der Waals surface area contributed by atoms with Crippen LogP contribution in [0.2, 0.25) is 0 Å². The van der Waals surface area contributed by atoms with Gasteiger partial charge in [-0.3, -0.25) is 5.32 Å². The van der Waals surface area contributed by atoms with Gasteiger partial charge < -0.3 is 24.3 Å². The lowest BCUT2D eigenvalue weighted by Crippen LogP contribution is -2.41. The monoisotopic (exact) mass is 471 g/mol. The quantitative estimate of drug-likeness (QED) is 0.532. The van der Waals surface area contributed by atoms with E-state index >= 15 is 0 Å². The van der Waals surface area contributed by atoms with Crippen LogP contribution in [0, 0.1) is 11.3 Å². The molecule has 35 heavy (non-hydrogen) atoms. The number of amides is 1. The molecular formula is C27H25N3O5. The van der Waals surface area contributed by atoms with Crippen molar-refractivity contribution in [1.29, 1.82) is 5.26 Å². The molecule has 0 saturated carbocycles. The number of hydrogen-bond donors (Lipinski definition) is 2. The predicted molar refractivity (Wildman–Crippen MR) is 128 cm³/mol. The van der Waals surface area contributed by atoms with Crippen LogP contribution in [0.4, 0.5) is 10.5 Å². The first kappa shape index (κ1) is 22.9. The minimum atomic E-state index is -0.565. The van der Waals surface area contributed by atoms with Crippen molar-refractivity contribution in [3.63, 3.8) is 0 Å². The second-order valence-corrected chi connectivity index (χ2v) is 8.40. The summed E-state index contributed by atoms with van der Waals surface area (Å²) in [6.45, 7) is 1.32. The first-order valence-electron chi connectivity index (χ1n) is 11.4. The fraction of sp³-hybridized carbons (Fsp3) is 0.259. The summed E-state index contributed by atoms with van der Waals surface area (Å²) >= 11 is 0. The number of benzene rings is 3. The number of carbonyl (C=O) groups is 1. The van der Waals surface area contributed by atoms with Gasteiger partial charge in [-0.15, -0.1) is 0 Å². The van der Waals surface area contributed by atoms with E-state index in [1.807, 2.05) is 48.5 Å². The summed E-state index contributed by atoms with van der Waals surface area (Å²) in [6, 6.07) is 26.1. The smallest absolute Gasteiger partial charge is 0.412 e. The summed E-state index contributed by atoms with van der Waals surface area (Å²) < 4.78 is 23.2. The maximum atomic E-state index is 12.5. The molecule has 4 atom stereocenters. The number of fused-ring (bicyclic) bond motifs is 1. The third-order valence-electron chi connectivity index (χ3n) is 5.97. The van der Waals surface area contributed by atoms with Gasteiger partial charge in [0.05, 0.1) is 30.9 Å².